The molecule has 1 fully saturated rings. The summed E-state index contributed by atoms with van der Waals surface area (Å²) in [5, 5.41) is 13.7. The summed E-state index contributed by atoms with van der Waals surface area (Å²) in [6.45, 7) is 0. The molecule has 0 heterocycles. The zero-order valence-electron chi connectivity index (χ0n) is 11.1. The standard InChI is InChI=1S/C12H15BN2O5/c1-19-13-14-9-6-11(7-9)20-12(16)8-2-4-10(5-3-8)15(17)18/h2-5,9,11,13-14H,6-7H2,1H3/t9-,11-. The highest BCUT2D eigenvalue weighted by atomic mass is 16.6. The van der Waals surface area contributed by atoms with Crippen LogP contribution in [-0.2, 0) is 9.39 Å². The maximum atomic E-state index is 11.8. The quantitative estimate of drug-likeness (QED) is 0.358. The Labute approximate surface area is 116 Å². The molecule has 0 bridgehead atoms. The fourth-order valence-corrected chi connectivity index (χ4v) is 1.97. The fourth-order valence-electron chi connectivity index (χ4n) is 1.97. The summed E-state index contributed by atoms with van der Waals surface area (Å²) >= 11 is 0. The first-order valence-corrected chi connectivity index (χ1v) is 6.28. The van der Waals surface area contributed by atoms with Crippen molar-refractivity contribution in [3.63, 3.8) is 0 Å². The van der Waals surface area contributed by atoms with Crippen molar-refractivity contribution in [1.82, 2.24) is 5.23 Å². The van der Waals surface area contributed by atoms with E-state index in [4.69, 9.17) is 9.39 Å². The minimum absolute atomic E-state index is 0.0472. The number of non-ortho nitro benzene ring substituents is 1. The SMILES string of the molecule is COBN[C@H]1C[C@H](OC(=O)c2ccc([N+](=O)[O-])cc2)C1. The molecule has 0 radical (unpaired) electrons. The van der Waals surface area contributed by atoms with Crippen molar-refractivity contribution in [1.29, 1.82) is 0 Å². The van der Waals surface area contributed by atoms with Crippen molar-refractivity contribution >= 4 is 19.3 Å². The molecule has 1 aromatic rings. The molecule has 1 aromatic carbocycles. The van der Waals surface area contributed by atoms with Crippen molar-refractivity contribution in [2.24, 2.45) is 0 Å². The van der Waals surface area contributed by atoms with Gasteiger partial charge in [-0.1, -0.05) is 0 Å². The van der Waals surface area contributed by atoms with E-state index < -0.39 is 10.9 Å². The third-order valence-electron chi connectivity index (χ3n) is 3.20. The number of nitro benzene ring substituents is 1. The molecule has 1 N–H and O–H groups in total. The summed E-state index contributed by atoms with van der Waals surface area (Å²) in [6.07, 6.45) is 1.40. The second-order valence-electron chi connectivity index (χ2n) is 4.64. The van der Waals surface area contributed by atoms with Gasteiger partial charge in [0.05, 0.1) is 10.5 Å². The van der Waals surface area contributed by atoms with Crippen molar-refractivity contribution in [3.8, 4) is 0 Å². The molecule has 0 amide bonds. The minimum Gasteiger partial charge on any atom is -0.459 e. The van der Waals surface area contributed by atoms with E-state index in [1.54, 1.807) is 7.11 Å². The van der Waals surface area contributed by atoms with E-state index in [-0.39, 0.29) is 11.8 Å². The third kappa shape index (κ3) is 3.55. The number of carbonyl (C=O) groups excluding carboxylic acids is 1. The molecule has 0 spiro atoms. The van der Waals surface area contributed by atoms with E-state index >= 15 is 0 Å². The second kappa shape index (κ2) is 6.49. The second-order valence-corrected chi connectivity index (χ2v) is 4.64. The number of carbonyl (C=O) groups is 1. The van der Waals surface area contributed by atoms with E-state index in [1.807, 2.05) is 0 Å². The van der Waals surface area contributed by atoms with Crippen LogP contribution < -0.4 is 5.23 Å². The summed E-state index contributed by atoms with van der Waals surface area (Å²) < 4.78 is 10.2. The van der Waals surface area contributed by atoms with Crippen LogP contribution >= 0.6 is 0 Å². The van der Waals surface area contributed by atoms with Crippen molar-refractivity contribution in [3.05, 3.63) is 39.9 Å². The Balaban J connectivity index is 1.80. The lowest BCUT2D eigenvalue weighted by Gasteiger charge is -2.35. The Morgan fingerprint density at radius 1 is 1.40 bits per heavy atom. The smallest absolute Gasteiger partial charge is 0.360 e. The van der Waals surface area contributed by atoms with E-state index in [2.05, 4.69) is 5.23 Å². The summed E-state index contributed by atoms with van der Waals surface area (Å²) in [6, 6.07) is 5.70. The van der Waals surface area contributed by atoms with Gasteiger partial charge in [-0.3, -0.25) is 10.1 Å². The molecule has 0 unspecified atom stereocenters. The van der Waals surface area contributed by atoms with Crippen LogP contribution in [0.15, 0.2) is 24.3 Å². The van der Waals surface area contributed by atoms with Gasteiger partial charge in [-0.15, -0.1) is 0 Å². The number of nitro groups is 1. The van der Waals surface area contributed by atoms with Crippen LogP contribution in [0.4, 0.5) is 5.69 Å². The van der Waals surface area contributed by atoms with Crippen molar-refractivity contribution in [2.45, 2.75) is 25.0 Å². The number of nitrogens with one attached hydrogen (secondary N) is 1. The van der Waals surface area contributed by atoms with Gasteiger partial charge in [-0.05, 0) is 25.0 Å². The van der Waals surface area contributed by atoms with Crippen LogP contribution in [0.5, 0.6) is 0 Å². The lowest BCUT2D eigenvalue weighted by atomic mass is 9.87. The molecule has 7 nitrogen and oxygen atoms in total. The highest BCUT2D eigenvalue weighted by Crippen LogP contribution is 2.24. The number of ether oxygens (including phenoxy) is 1. The molecule has 0 aromatic heterocycles. The number of hydrogen-bond acceptors (Lipinski definition) is 6. The predicted molar refractivity (Wildman–Crippen MR) is 72.6 cm³/mol. The van der Waals surface area contributed by atoms with Crippen LogP contribution in [0.1, 0.15) is 23.2 Å². The number of rotatable bonds is 6. The summed E-state index contributed by atoms with van der Waals surface area (Å²) in [7, 11) is 2.09. The van der Waals surface area contributed by atoms with E-state index in [0.717, 1.165) is 12.8 Å². The maximum absolute atomic E-state index is 11.8. The maximum Gasteiger partial charge on any atom is 0.360 e. The van der Waals surface area contributed by atoms with Crippen molar-refractivity contribution in [2.75, 3.05) is 7.11 Å². The molecule has 0 atom stereocenters. The monoisotopic (exact) mass is 278 g/mol. The Hall–Kier alpha value is -1.93. The van der Waals surface area contributed by atoms with Gasteiger partial charge in [0, 0.05) is 25.3 Å². The average molecular weight is 278 g/mol. The normalized spacial score (nSPS) is 20.9. The van der Waals surface area contributed by atoms with Gasteiger partial charge < -0.3 is 14.6 Å². The molecule has 1 aliphatic carbocycles. The molecule has 1 saturated carbocycles. The topological polar surface area (TPSA) is 90.7 Å². The van der Waals surface area contributed by atoms with E-state index in [0.29, 0.717) is 19.2 Å². The zero-order valence-corrected chi connectivity index (χ0v) is 11.1. The molecule has 106 valence electrons. The van der Waals surface area contributed by atoms with Crippen molar-refractivity contribution < 1.29 is 19.1 Å². The first kappa shape index (κ1) is 14.5. The summed E-state index contributed by atoms with van der Waals surface area (Å²) in [5.74, 6) is -0.449. The van der Waals surface area contributed by atoms with Gasteiger partial charge >= 0.3 is 13.6 Å². The first-order chi connectivity index (χ1) is 9.60. The van der Waals surface area contributed by atoms with Gasteiger partial charge in [0.1, 0.15) is 6.10 Å². The molecular weight excluding hydrogens is 263 g/mol. The molecule has 1 aliphatic rings. The molecular formula is C12H15BN2O5. The highest BCUT2D eigenvalue weighted by Gasteiger charge is 2.32. The molecule has 0 saturated heterocycles. The van der Waals surface area contributed by atoms with Crippen LogP contribution in [-0.4, -0.2) is 37.8 Å². The van der Waals surface area contributed by atoms with Crippen LogP contribution in [0.2, 0.25) is 0 Å². The Bertz CT molecular complexity index is 487. The highest BCUT2D eigenvalue weighted by molar-refractivity contribution is 6.23. The van der Waals surface area contributed by atoms with E-state index in [1.165, 1.54) is 24.3 Å². The van der Waals surface area contributed by atoms with Crippen LogP contribution in [0.25, 0.3) is 0 Å². The average Bonchev–Trinajstić information content (AvgIpc) is 2.41. The van der Waals surface area contributed by atoms with Gasteiger partial charge in [0.15, 0.2) is 0 Å². The number of nitrogens with zero attached hydrogens (tertiary/aromatic N) is 1. The number of benzene rings is 1. The lowest BCUT2D eigenvalue weighted by Crippen LogP contribution is -2.47. The fraction of sp³-hybridized carbons (Fsp3) is 0.417. The van der Waals surface area contributed by atoms with Gasteiger partial charge in [-0.2, -0.15) is 0 Å². The molecule has 0 aliphatic heterocycles. The third-order valence-corrected chi connectivity index (χ3v) is 3.20. The van der Waals surface area contributed by atoms with Crippen LogP contribution in [0.3, 0.4) is 0 Å². The minimum atomic E-state index is -0.507. The summed E-state index contributed by atoms with van der Waals surface area (Å²) in [4.78, 5) is 21.8. The summed E-state index contributed by atoms with van der Waals surface area (Å²) in [5.41, 5.74) is 0.276. The number of esters is 1. The molecule has 2 rings (SSSR count). The van der Waals surface area contributed by atoms with Gasteiger partial charge in [-0.25, -0.2) is 4.79 Å². The lowest BCUT2D eigenvalue weighted by molar-refractivity contribution is -0.384. The predicted octanol–water partition coefficient (Wildman–Crippen LogP) is 0.785. The molecule has 20 heavy (non-hydrogen) atoms. The first-order valence-electron chi connectivity index (χ1n) is 6.28. The molecule has 8 heteroatoms. The Morgan fingerprint density at radius 3 is 2.60 bits per heavy atom. The largest absolute Gasteiger partial charge is 0.459 e. The van der Waals surface area contributed by atoms with Gasteiger partial charge in [0.25, 0.3) is 5.69 Å². The number of hydrogen-bond donors (Lipinski definition) is 1. The zero-order chi connectivity index (χ0) is 14.5. The van der Waals surface area contributed by atoms with Crippen LogP contribution in [0, 0.1) is 10.1 Å². The van der Waals surface area contributed by atoms with Gasteiger partial charge in [0.2, 0.25) is 0 Å². The Morgan fingerprint density at radius 2 is 2.05 bits per heavy atom. The Kier molecular flexibility index (Phi) is 4.70. The van der Waals surface area contributed by atoms with E-state index in [9.17, 15) is 14.9 Å².